The highest BCUT2D eigenvalue weighted by Crippen LogP contribution is 2.20. The Morgan fingerprint density at radius 1 is 1.31 bits per heavy atom. The predicted molar refractivity (Wildman–Crippen MR) is 97.2 cm³/mol. The first-order valence-corrected chi connectivity index (χ1v) is 8.84. The van der Waals surface area contributed by atoms with Crippen LogP contribution in [0.25, 0.3) is 5.69 Å². The molecule has 142 valence electrons. The first-order chi connectivity index (χ1) is 12.3. The SMILES string of the molecule is CCC(C)NC(=O)CCNCc1c(C)nn(-c2ccc(F)cc2F)c1C. The Bertz CT molecular complexity index is 773. The molecule has 2 aromatic rings. The van der Waals surface area contributed by atoms with E-state index in [2.05, 4.69) is 15.7 Å². The minimum Gasteiger partial charge on any atom is -0.354 e. The molecule has 0 saturated carbocycles. The number of carbonyl (C=O) groups excluding carboxylic acids is 1. The number of amides is 1. The van der Waals surface area contributed by atoms with Gasteiger partial charge in [-0.05, 0) is 39.3 Å². The van der Waals surface area contributed by atoms with Crippen LogP contribution in [-0.2, 0) is 11.3 Å². The summed E-state index contributed by atoms with van der Waals surface area (Å²) in [5, 5.41) is 10.5. The zero-order valence-corrected chi connectivity index (χ0v) is 15.7. The Balaban J connectivity index is 1.99. The van der Waals surface area contributed by atoms with E-state index in [0.29, 0.717) is 19.5 Å². The van der Waals surface area contributed by atoms with Crippen molar-refractivity contribution in [3.63, 3.8) is 0 Å². The van der Waals surface area contributed by atoms with Crippen molar-refractivity contribution >= 4 is 5.91 Å². The molecule has 0 saturated heterocycles. The number of nitrogens with one attached hydrogen (secondary N) is 2. The van der Waals surface area contributed by atoms with Crippen LogP contribution in [0.5, 0.6) is 0 Å². The van der Waals surface area contributed by atoms with Crippen molar-refractivity contribution in [3.8, 4) is 5.69 Å². The van der Waals surface area contributed by atoms with E-state index in [1.165, 1.54) is 16.8 Å². The maximum atomic E-state index is 14.0. The van der Waals surface area contributed by atoms with Crippen LogP contribution < -0.4 is 10.6 Å². The Labute approximate surface area is 152 Å². The lowest BCUT2D eigenvalue weighted by Gasteiger charge is -2.11. The minimum absolute atomic E-state index is 0.0179. The summed E-state index contributed by atoms with van der Waals surface area (Å²) in [7, 11) is 0. The van der Waals surface area contributed by atoms with Crippen LogP contribution >= 0.6 is 0 Å². The highest BCUT2D eigenvalue weighted by molar-refractivity contribution is 5.76. The monoisotopic (exact) mass is 364 g/mol. The lowest BCUT2D eigenvalue weighted by molar-refractivity contribution is -0.121. The van der Waals surface area contributed by atoms with E-state index < -0.39 is 11.6 Å². The highest BCUT2D eigenvalue weighted by atomic mass is 19.1. The van der Waals surface area contributed by atoms with Gasteiger partial charge >= 0.3 is 0 Å². The molecule has 2 rings (SSSR count). The van der Waals surface area contributed by atoms with E-state index in [0.717, 1.165) is 29.4 Å². The molecular formula is C19H26F2N4O. The molecule has 2 N–H and O–H groups in total. The number of benzene rings is 1. The molecule has 1 aromatic carbocycles. The smallest absolute Gasteiger partial charge is 0.221 e. The predicted octanol–water partition coefficient (Wildman–Crippen LogP) is 3.16. The minimum atomic E-state index is -0.656. The molecule has 0 radical (unpaired) electrons. The van der Waals surface area contributed by atoms with Gasteiger partial charge in [0.15, 0.2) is 5.82 Å². The molecule has 5 nitrogen and oxygen atoms in total. The van der Waals surface area contributed by atoms with Crippen LogP contribution in [0.4, 0.5) is 8.78 Å². The number of hydrogen-bond acceptors (Lipinski definition) is 3. The summed E-state index contributed by atoms with van der Waals surface area (Å²) >= 11 is 0. The van der Waals surface area contributed by atoms with Gasteiger partial charge in [0, 0.05) is 42.9 Å². The van der Waals surface area contributed by atoms with Crippen LogP contribution in [0.15, 0.2) is 18.2 Å². The van der Waals surface area contributed by atoms with Crippen LogP contribution in [0.3, 0.4) is 0 Å². The number of aryl methyl sites for hydroxylation is 1. The summed E-state index contributed by atoms with van der Waals surface area (Å²) < 4.78 is 28.6. The molecule has 7 heteroatoms. The van der Waals surface area contributed by atoms with Crippen molar-refractivity contribution in [3.05, 3.63) is 46.8 Å². The van der Waals surface area contributed by atoms with Gasteiger partial charge in [0.25, 0.3) is 0 Å². The topological polar surface area (TPSA) is 59.0 Å². The summed E-state index contributed by atoms with van der Waals surface area (Å²) in [5.41, 5.74) is 2.70. The van der Waals surface area contributed by atoms with E-state index in [9.17, 15) is 13.6 Å². The summed E-state index contributed by atoms with van der Waals surface area (Å²) in [4.78, 5) is 11.8. The van der Waals surface area contributed by atoms with Crippen molar-refractivity contribution in [1.82, 2.24) is 20.4 Å². The second-order valence-electron chi connectivity index (χ2n) is 6.46. The molecular weight excluding hydrogens is 338 g/mol. The van der Waals surface area contributed by atoms with Gasteiger partial charge in [-0.25, -0.2) is 13.5 Å². The van der Waals surface area contributed by atoms with Gasteiger partial charge in [0.2, 0.25) is 5.91 Å². The third kappa shape index (κ3) is 4.88. The molecule has 0 aliphatic carbocycles. The average Bonchev–Trinajstić information content (AvgIpc) is 2.86. The van der Waals surface area contributed by atoms with Crippen molar-refractivity contribution < 1.29 is 13.6 Å². The summed E-state index contributed by atoms with van der Waals surface area (Å²) in [6, 6.07) is 3.61. The van der Waals surface area contributed by atoms with Gasteiger partial charge in [0.1, 0.15) is 11.5 Å². The molecule has 0 aliphatic rings. The lowest BCUT2D eigenvalue weighted by atomic mass is 10.2. The van der Waals surface area contributed by atoms with Crippen molar-refractivity contribution in [1.29, 1.82) is 0 Å². The number of rotatable bonds is 8. The molecule has 1 atom stereocenters. The fraction of sp³-hybridized carbons (Fsp3) is 0.474. The van der Waals surface area contributed by atoms with E-state index in [4.69, 9.17) is 0 Å². The van der Waals surface area contributed by atoms with Crippen LogP contribution in [0.1, 0.15) is 43.6 Å². The standard InChI is InChI=1S/C19H26F2N4O/c1-5-12(2)23-19(26)8-9-22-11-16-13(3)24-25(14(16)4)18-7-6-15(20)10-17(18)21/h6-7,10,12,22H,5,8-9,11H2,1-4H3,(H,23,26). The second kappa shape index (κ2) is 8.89. The molecule has 1 amide bonds. The second-order valence-corrected chi connectivity index (χ2v) is 6.46. The quantitative estimate of drug-likeness (QED) is 0.708. The zero-order chi connectivity index (χ0) is 19.3. The number of nitrogens with zero attached hydrogens (tertiary/aromatic N) is 2. The van der Waals surface area contributed by atoms with Crippen LogP contribution in [0.2, 0.25) is 0 Å². The molecule has 26 heavy (non-hydrogen) atoms. The maximum Gasteiger partial charge on any atom is 0.221 e. The van der Waals surface area contributed by atoms with Crippen molar-refractivity contribution in [2.75, 3.05) is 6.54 Å². The highest BCUT2D eigenvalue weighted by Gasteiger charge is 2.15. The average molecular weight is 364 g/mol. The molecule has 0 aliphatic heterocycles. The molecule has 1 unspecified atom stereocenters. The first kappa shape index (κ1) is 20.0. The number of aromatic nitrogens is 2. The van der Waals surface area contributed by atoms with Crippen molar-refractivity contribution in [2.24, 2.45) is 0 Å². The van der Waals surface area contributed by atoms with Crippen LogP contribution in [-0.4, -0.2) is 28.3 Å². The summed E-state index contributed by atoms with van der Waals surface area (Å²) in [6.45, 7) is 8.75. The fourth-order valence-corrected chi connectivity index (χ4v) is 2.68. The molecule has 0 spiro atoms. The first-order valence-electron chi connectivity index (χ1n) is 8.84. The maximum absolute atomic E-state index is 14.0. The lowest BCUT2D eigenvalue weighted by Crippen LogP contribution is -2.33. The Morgan fingerprint density at radius 2 is 2.04 bits per heavy atom. The largest absolute Gasteiger partial charge is 0.354 e. The van der Waals surface area contributed by atoms with E-state index >= 15 is 0 Å². The fourth-order valence-electron chi connectivity index (χ4n) is 2.68. The Morgan fingerprint density at radius 3 is 2.69 bits per heavy atom. The Hall–Kier alpha value is -2.28. The van der Waals surface area contributed by atoms with Crippen LogP contribution in [0, 0.1) is 25.5 Å². The zero-order valence-electron chi connectivity index (χ0n) is 15.7. The third-order valence-corrected chi connectivity index (χ3v) is 4.43. The van der Waals surface area contributed by atoms with E-state index in [-0.39, 0.29) is 17.6 Å². The number of carbonyl (C=O) groups is 1. The van der Waals surface area contributed by atoms with E-state index in [1.54, 1.807) is 0 Å². The van der Waals surface area contributed by atoms with E-state index in [1.807, 2.05) is 27.7 Å². The molecule has 0 fully saturated rings. The van der Waals surface area contributed by atoms with Gasteiger partial charge in [-0.1, -0.05) is 6.92 Å². The summed E-state index contributed by atoms with van der Waals surface area (Å²) in [6.07, 6.45) is 1.29. The molecule has 0 bridgehead atoms. The molecule has 1 heterocycles. The Kier molecular flexibility index (Phi) is 6.85. The van der Waals surface area contributed by atoms with Gasteiger partial charge in [-0.3, -0.25) is 4.79 Å². The third-order valence-electron chi connectivity index (χ3n) is 4.43. The van der Waals surface area contributed by atoms with Gasteiger partial charge < -0.3 is 10.6 Å². The van der Waals surface area contributed by atoms with Gasteiger partial charge in [-0.2, -0.15) is 5.10 Å². The normalized spacial score (nSPS) is 12.2. The number of hydrogen-bond donors (Lipinski definition) is 2. The van der Waals surface area contributed by atoms with Gasteiger partial charge in [0.05, 0.1) is 5.69 Å². The molecule has 1 aromatic heterocycles. The van der Waals surface area contributed by atoms with Gasteiger partial charge in [-0.15, -0.1) is 0 Å². The number of halogens is 2. The van der Waals surface area contributed by atoms with Crippen molar-refractivity contribution in [2.45, 2.75) is 53.1 Å². The summed E-state index contributed by atoms with van der Waals surface area (Å²) in [5.74, 6) is -1.26.